The molecule has 0 saturated heterocycles. The highest BCUT2D eigenvalue weighted by molar-refractivity contribution is 8.00. The van der Waals surface area contributed by atoms with Crippen LogP contribution in [0.2, 0.25) is 0 Å². The first-order chi connectivity index (χ1) is 14.5. The number of benzene rings is 2. The molecule has 4 rings (SSSR count). The summed E-state index contributed by atoms with van der Waals surface area (Å²) in [6, 6.07) is 22.6. The third-order valence-corrected chi connectivity index (χ3v) is 5.43. The van der Waals surface area contributed by atoms with E-state index in [-0.39, 0.29) is 11.2 Å². The highest BCUT2D eigenvalue weighted by atomic mass is 32.2. The van der Waals surface area contributed by atoms with Gasteiger partial charge in [0.1, 0.15) is 10.8 Å². The van der Waals surface area contributed by atoms with Gasteiger partial charge in [0.15, 0.2) is 5.43 Å². The Labute approximate surface area is 177 Å². The molecule has 0 spiro atoms. The summed E-state index contributed by atoms with van der Waals surface area (Å²) in [5, 5.41) is 15.1. The van der Waals surface area contributed by atoms with Gasteiger partial charge in [-0.3, -0.25) is 9.36 Å². The molecule has 1 N–H and O–H groups in total. The molecule has 0 aliphatic rings. The van der Waals surface area contributed by atoms with E-state index in [0.717, 1.165) is 23.1 Å². The highest BCUT2D eigenvalue weighted by Gasteiger charge is 2.16. The first kappa shape index (κ1) is 19.7. The number of aromatic nitrogens is 2. The fraction of sp³-hybridized carbons (Fsp3) is 0.0870. The molecule has 0 unspecified atom stereocenters. The van der Waals surface area contributed by atoms with E-state index in [4.69, 9.17) is 0 Å². The summed E-state index contributed by atoms with van der Waals surface area (Å²) in [6.45, 7) is 1.82. The minimum absolute atomic E-state index is 0.232. The van der Waals surface area contributed by atoms with Crippen molar-refractivity contribution in [2.24, 2.45) is 0 Å². The number of carbonyl (C=O) groups is 1. The number of hydrogen-bond acceptors (Lipinski definition) is 6. The van der Waals surface area contributed by atoms with Gasteiger partial charge in [-0.05, 0) is 37.3 Å². The minimum atomic E-state index is -1.21. The number of carbonyl (C=O) groups excluding carboxylic acids is 1. The quantitative estimate of drug-likeness (QED) is 0.486. The van der Waals surface area contributed by atoms with Crippen LogP contribution in [0.15, 0.2) is 82.6 Å². The number of para-hydroxylation sites is 2. The molecule has 0 atom stereocenters. The summed E-state index contributed by atoms with van der Waals surface area (Å²) < 4.78 is 1.95. The van der Waals surface area contributed by atoms with Gasteiger partial charge < -0.3 is 15.2 Å². The third-order valence-electron chi connectivity index (χ3n) is 4.48. The Balaban J connectivity index is 2.00. The maximum absolute atomic E-state index is 13.1. The Hall–Kier alpha value is -3.58. The lowest BCUT2D eigenvalue weighted by molar-refractivity contribution is -0.301. The van der Waals surface area contributed by atoms with Gasteiger partial charge >= 0.3 is 0 Å². The van der Waals surface area contributed by atoms with E-state index in [9.17, 15) is 14.7 Å². The van der Waals surface area contributed by atoms with E-state index in [0.29, 0.717) is 27.4 Å². The minimum Gasteiger partial charge on any atom is -0.549 e. The van der Waals surface area contributed by atoms with Crippen LogP contribution in [0.4, 0.5) is 11.5 Å². The number of aryl methyl sites for hydroxylation is 1. The first-order valence-electron chi connectivity index (χ1n) is 9.30. The fourth-order valence-electron chi connectivity index (χ4n) is 3.27. The third kappa shape index (κ3) is 4.06. The average molecular weight is 416 g/mol. The van der Waals surface area contributed by atoms with Crippen molar-refractivity contribution >= 4 is 40.1 Å². The molecule has 0 aliphatic carbocycles. The van der Waals surface area contributed by atoms with Crippen molar-refractivity contribution in [2.45, 2.75) is 11.9 Å². The molecule has 7 heteroatoms. The lowest BCUT2D eigenvalue weighted by Crippen LogP contribution is -2.24. The number of carboxylic acids is 1. The van der Waals surface area contributed by atoms with E-state index in [1.54, 1.807) is 0 Å². The molecule has 0 saturated carbocycles. The van der Waals surface area contributed by atoms with Crippen molar-refractivity contribution in [3.8, 4) is 5.69 Å². The van der Waals surface area contributed by atoms with Crippen molar-refractivity contribution in [1.29, 1.82) is 0 Å². The first-order valence-corrected chi connectivity index (χ1v) is 10.3. The molecule has 0 fully saturated rings. The van der Waals surface area contributed by atoms with E-state index >= 15 is 0 Å². The molecule has 6 nitrogen and oxygen atoms in total. The number of carboxylic acid groups (broad SMARTS) is 1. The van der Waals surface area contributed by atoms with Crippen molar-refractivity contribution in [2.75, 3.05) is 11.1 Å². The van der Waals surface area contributed by atoms with Crippen LogP contribution in [-0.4, -0.2) is 21.3 Å². The lowest BCUT2D eigenvalue weighted by Gasteiger charge is -2.19. The molecular weight excluding hydrogens is 398 g/mol. The van der Waals surface area contributed by atoms with Gasteiger partial charge in [-0.15, -0.1) is 0 Å². The maximum atomic E-state index is 13.1. The molecular formula is C23H18N3O3S-. The molecule has 30 heavy (non-hydrogen) atoms. The van der Waals surface area contributed by atoms with Crippen LogP contribution >= 0.6 is 11.8 Å². The lowest BCUT2D eigenvalue weighted by atomic mass is 10.2. The largest absolute Gasteiger partial charge is 0.549 e. The van der Waals surface area contributed by atoms with Gasteiger partial charge in [-0.1, -0.05) is 48.2 Å². The summed E-state index contributed by atoms with van der Waals surface area (Å²) in [6.07, 6.45) is 0. The predicted molar refractivity (Wildman–Crippen MR) is 118 cm³/mol. The standard InChI is InChI=1S/C23H19N3O3S/c1-15-12-18-22(23(24-15)30-14-21(28)29)19(27)13-20(25-16-8-4-2-5-9-16)26(18)17-10-6-3-7-11-17/h2-13,25H,14H2,1H3,(H,28,29)/p-1. The number of nitrogens with zero attached hydrogens (tertiary/aromatic N) is 2. The van der Waals surface area contributed by atoms with Gasteiger partial charge in [0.2, 0.25) is 0 Å². The van der Waals surface area contributed by atoms with Crippen molar-refractivity contribution in [3.63, 3.8) is 0 Å². The monoisotopic (exact) mass is 416 g/mol. The normalized spacial score (nSPS) is 10.8. The van der Waals surface area contributed by atoms with Gasteiger partial charge in [-0.2, -0.15) is 0 Å². The maximum Gasteiger partial charge on any atom is 0.194 e. The summed E-state index contributed by atoms with van der Waals surface area (Å²) in [4.78, 5) is 28.5. The van der Waals surface area contributed by atoms with Crippen LogP contribution in [0.1, 0.15) is 5.69 Å². The van der Waals surface area contributed by atoms with E-state index in [2.05, 4.69) is 10.3 Å². The SMILES string of the molecule is Cc1cc2c(c(SCC(=O)[O-])n1)c(=O)cc(Nc1ccccc1)n2-c1ccccc1. The second-order valence-corrected chi connectivity index (χ2v) is 7.64. The zero-order valence-electron chi connectivity index (χ0n) is 16.2. The smallest absolute Gasteiger partial charge is 0.194 e. The summed E-state index contributed by atoms with van der Waals surface area (Å²) in [7, 11) is 0. The van der Waals surface area contributed by atoms with Crippen LogP contribution < -0.4 is 15.9 Å². The van der Waals surface area contributed by atoms with Crippen LogP contribution in [-0.2, 0) is 4.79 Å². The molecule has 2 aromatic carbocycles. The van der Waals surface area contributed by atoms with Crippen LogP contribution in [0.25, 0.3) is 16.6 Å². The number of rotatable bonds is 6. The molecule has 2 heterocycles. The van der Waals surface area contributed by atoms with Crippen LogP contribution in [0, 0.1) is 6.92 Å². The second-order valence-electron chi connectivity index (χ2n) is 6.68. The number of pyridine rings is 2. The summed E-state index contributed by atoms with van der Waals surface area (Å²) in [5.74, 6) is -0.881. The Morgan fingerprint density at radius 1 is 1.07 bits per heavy atom. The number of fused-ring (bicyclic) bond motifs is 1. The molecule has 0 amide bonds. The topological polar surface area (TPSA) is 87.1 Å². The van der Waals surface area contributed by atoms with E-state index < -0.39 is 5.97 Å². The van der Waals surface area contributed by atoms with E-state index in [1.165, 1.54) is 6.07 Å². The average Bonchev–Trinajstić information content (AvgIpc) is 2.73. The zero-order valence-corrected chi connectivity index (χ0v) is 17.0. The van der Waals surface area contributed by atoms with Gasteiger partial charge in [0.05, 0.1) is 16.9 Å². The second kappa shape index (κ2) is 8.42. The molecule has 150 valence electrons. The number of thioether (sulfide) groups is 1. The van der Waals surface area contributed by atoms with Crippen LogP contribution in [0.5, 0.6) is 0 Å². The molecule has 2 aromatic heterocycles. The van der Waals surface area contributed by atoms with E-state index in [1.807, 2.05) is 78.2 Å². The highest BCUT2D eigenvalue weighted by Crippen LogP contribution is 2.30. The van der Waals surface area contributed by atoms with Crippen molar-refractivity contribution < 1.29 is 9.90 Å². The molecule has 0 radical (unpaired) electrons. The number of anilines is 2. The molecule has 0 aliphatic heterocycles. The Kier molecular flexibility index (Phi) is 5.54. The summed E-state index contributed by atoms with van der Waals surface area (Å²) >= 11 is 0.993. The Bertz CT molecular complexity index is 1270. The Morgan fingerprint density at radius 2 is 1.73 bits per heavy atom. The van der Waals surface area contributed by atoms with Gasteiger partial charge in [-0.25, -0.2) is 4.98 Å². The number of nitrogens with one attached hydrogen (secondary N) is 1. The number of aliphatic carboxylic acids is 1. The van der Waals surface area contributed by atoms with Crippen LogP contribution in [0.3, 0.4) is 0 Å². The fourth-order valence-corrected chi connectivity index (χ4v) is 4.09. The van der Waals surface area contributed by atoms with Crippen molar-refractivity contribution in [3.05, 3.63) is 88.7 Å². The summed E-state index contributed by atoms with van der Waals surface area (Å²) in [5.41, 5.74) is 2.81. The van der Waals surface area contributed by atoms with Gasteiger partial charge in [0, 0.05) is 28.9 Å². The Morgan fingerprint density at radius 3 is 2.40 bits per heavy atom. The zero-order chi connectivity index (χ0) is 21.1. The molecule has 0 bridgehead atoms. The van der Waals surface area contributed by atoms with Gasteiger partial charge in [0.25, 0.3) is 0 Å². The molecule has 4 aromatic rings. The van der Waals surface area contributed by atoms with Crippen molar-refractivity contribution in [1.82, 2.24) is 9.55 Å². The predicted octanol–water partition coefficient (Wildman–Crippen LogP) is 3.28. The number of hydrogen-bond donors (Lipinski definition) is 1.